The van der Waals surface area contributed by atoms with Gasteiger partial charge in [-0.1, -0.05) is 22.9 Å². The highest BCUT2D eigenvalue weighted by Crippen LogP contribution is 2.24. The van der Waals surface area contributed by atoms with Crippen LogP contribution < -0.4 is 0 Å². The monoisotopic (exact) mass is 287 g/mol. The van der Waals surface area contributed by atoms with Gasteiger partial charge in [0, 0.05) is 11.4 Å². The number of nitrogens with zero attached hydrogens (tertiary/aromatic N) is 1. The summed E-state index contributed by atoms with van der Waals surface area (Å²) in [5.74, 6) is 0.241. The molecule has 82 valence electrons. The van der Waals surface area contributed by atoms with Gasteiger partial charge >= 0.3 is 0 Å². The summed E-state index contributed by atoms with van der Waals surface area (Å²) in [6.45, 7) is 3.84. The minimum atomic E-state index is 0.0440. The summed E-state index contributed by atoms with van der Waals surface area (Å²) in [4.78, 5) is 15.0. The molecule has 0 spiro atoms. The first-order valence-corrected chi connectivity index (χ1v) is 7.00. The van der Waals surface area contributed by atoms with Crippen LogP contribution in [0.15, 0.2) is 11.4 Å². The molecule has 15 heavy (non-hydrogen) atoms. The lowest BCUT2D eigenvalue weighted by molar-refractivity contribution is -0.127. The standard InChI is InChI=1S/C11H14BrNOS/c1-2-8-4-6-15-10(8)7-13-5-3-9(12)11(13)14/h4,6,9H,2-3,5,7H2,1H3. The quantitative estimate of drug-likeness (QED) is 0.783. The van der Waals surface area contributed by atoms with E-state index in [0.717, 1.165) is 25.9 Å². The van der Waals surface area contributed by atoms with Gasteiger partial charge in [-0.2, -0.15) is 0 Å². The molecular formula is C11H14BrNOS. The zero-order valence-corrected chi connectivity index (χ0v) is 11.1. The third-order valence-electron chi connectivity index (χ3n) is 2.79. The number of hydrogen-bond acceptors (Lipinski definition) is 2. The number of likely N-dealkylation sites (tertiary alicyclic amines) is 1. The third kappa shape index (κ3) is 2.26. The maximum atomic E-state index is 11.7. The van der Waals surface area contributed by atoms with E-state index in [4.69, 9.17) is 0 Å². The highest BCUT2D eigenvalue weighted by molar-refractivity contribution is 9.10. The number of aryl methyl sites for hydroxylation is 1. The zero-order chi connectivity index (χ0) is 10.8. The number of carbonyl (C=O) groups is 1. The Labute approximate surface area is 102 Å². The molecule has 1 aromatic heterocycles. The third-order valence-corrected chi connectivity index (χ3v) is 4.58. The van der Waals surface area contributed by atoms with E-state index in [9.17, 15) is 4.79 Å². The van der Waals surface area contributed by atoms with E-state index in [0.29, 0.717) is 0 Å². The van der Waals surface area contributed by atoms with Crippen molar-refractivity contribution in [3.05, 3.63) is 21.9 Å². The van der Waals surface area contributed by atoms with Crippen molar-refractivity contribution < 1.29 is 4.79 Å². The van der Waals surface area contributed by atoms with E-state index in [1.54, 1.807) is 11.3 Å². The highest BCUT2D eigenvalue weighted by Gasteiger charge is 2.29. The molecule has 0 aliphatic carbocycles. The molecule has 0 N–H and O–H groups in total. The molecule has 2 heterocycles. The predicted octanol–water partition coefficient (Wildman–Crippen LogP) is 2.81. The number of halogens is 1. The Bertz CT molecular complexity index is 363. The molecule has 1 atom stereocenters. The van der Waals surface area contributed by atoms with Gasteiger partial charge in [-0.3, -0.25) is 4.79 Å². The van der Waals surface area contributed by atoms with Gasteiger partial charge in [-0.25, -0.2) is 0 Å². The molecule has 1 unspecified atom stereocenters. The van der Waals surface area contributed by atoms with Crippen LogP contribution in [0.1, 0.15) is 23.8 Å². The lowest BCUT2D eigenvalue weighted by Crippen LogP contribution is -2.26. The number of alkyl halides is 1. The molecule has 1 amide bonds. The molecule has 0 radical (unpaired) electrons. The molecule has 1 aliphatic rings. The molecule has 2 nitrogen and oxygen atoms in total. The second-order valence-electron chi connectivity index (χ2n) is 3.74. The maximum Gasteiger partial charge on any atom is 0.236 e. The summed E-state index contributed by atoms with van der Waals surface area (Å²) in [5.41, 5.74) is 1.38. The van der Waals surface area contributed by atoms with Crippen molar-refractivity contribution in [2.75, 3.05) is 6.54 Å². The molecule has 0 bridgehead atoms. The first-order chi connectivity index (χ1) is 7.22. The van der Waals surface area contributed by atoms with Crippen LogP contribution in [0.2, 0.25) is 0 Å². The van der Waals surface area contributed by atoms with Gasteiger partial charge in [0.05, 0.1) is 11.4 Å². The van der Waals surface area contributed by atoms with Crippen molar-refractivity contribution in [2.45, 2.75) is 31.1 Å². The average Bonchev–Trinajstić information content (AvgIpc) is 2.80. The number of rotatable bonds is 3. The lowest BCUT2D eigenvalue weighted by atomic mass is 10.2. The smallest absolute Gasteiger partial charge is 0.236 e. The highest BCUT2D eigenvalue weighted by atomic mass is 79.9. The SMILES string of the molecule is CCc1ccsc1CN1CCC(Br)C1=O. The Morgan fingerprint density at radius 3 is 3.07 bits per heavy atom. The largest absolute Gasteiger partial charge is 0.337 e. The summed E-state index contributed by atoms with van der Waals surface area (Å²) in [6, 6.07) is 2.16. The van der Waals surface area contributed by atoms with Crippen LogP contribution in [0.4, 0.5) is 0 Å². The van der Waals surface area contributed by atoms with Gasteiger partial charge in [-0.15, -0.1) is 11.3 Å². The Kier molecular flexibility index (Phi) is 3.46. The van der Waals surface area contributed by atoms with Gasteiger partial charge in [0.25, 0.3) is 0 Å². The number of amides is 1. The van der Waals surface area contributed by atoms with E-state index in [-0.39, 0.29) is 10.7 Å². The Hall–Kier alpha value is -0.350. The van der Waals surface area contributed by atoms with Crippen molar-refractivity contribution in [1.82, 2.24) is 4.90 Å². The second-order valence-corrected chi connectivity index (χ2v) is 5.84. The molecule has 4 heteroatoms. The molecule has 0 saturated carbocycles. The summed E-state index contributed by atoms with van der Waals surface area (Å²) >= 11 is 5.15. The number of hydrogen-bond donors (Lipinski definition) is 0. The van der Waals surface area contributed by atoms with Crippen molar-refractivity contribution in [3.8, 4) is 0 Å². The van der Waals surface area contributed by atoms with E-state index < -0.39 is 0 Å². The predicted molar refractivity (Wildman–Crippen MR) is 66.4 cm³/mol. The summed E-state index contributed by atoms with van der Waals surface area (Å²) in [5, 5.41) is 2.11. The van der Waals surface area contributed by atoms with Crippen molar-refractivity contribution in [2.24, 2.45) is 0 Å². The molecule has 1 aromatic rings. The van der Waals surface area contributed by atoms with E-state index in [1.165, 1.54) is 10.4 Å². The van der Waals surface area contributed by atoms with Crippen LogP contribution in [0.3, 0.4) is 0 Å². The fourth-order valence-electron chi connectivity index (χ4n) is 1.85. The van der Waals surface area contributed by atoms with Gasteiger partial charge in [0.1, 0.15) is 0 Å². The lowest BCUT2D eigenvalue weighted by Gasteiger charge is -2.15. The van der Waals surface area contributed by atoms with Crippen LogP contribution in [0.5, 0.6) is 0 Å². The minimum Gasteiger partial charge on any atom is -0.337 e. The first-order valence-electron chi connectivity index (χ1n) is 5.20. The summed E-state index contributed by atoms with van der Waals surface area (Å²) < 4.78 is 0. The Morgan fingerprint density at radius 1 is 1.67 bits per heavy atom. The van der Waals surface area contributed by atoms with Crippen molar-refractivity contribution in [3.63, 3.8) is 0 Å². The van der Waals surface area contributed by atoms with Crippen LogP contribution >= 0.6 is 27.3 Å². The zero-order valence-electron chi connectivity index (χ0n) is 8.70. The maximum absolute atomic E-state index is 11.7. The molecule has 1 aliphatic heterocycles. The normalized spacial score (nSPS) is 21.3. The average molecular weight is 288 g/mol. The fraction of sp³-hybridized carbons (Fsp3) is 0.545. The molecular weight excluding hydrogens is 274 g/mol. The van der Waals surface area contributed by atoms with Crippen LogP contribution in [-0.4, -0.2) is 22.2 Å². The molecule has 2 rings (SSSR count). The van der Waals surface area contributed by atoms with Crippen LogP contribution in [0, 0.1) is 0 Å². The van der Waals surface area contributed by atoms with Crippen molar-refractivity contribution in [1.29, 1.82) is 0 Å². The number of thiophene rings is 1. The van der Waals surface area contributed by atoms with E-state index >= 15 is 0 Å². The van der Waals surface area contributed by atoms with Gasteiger partial charge in [0.2, 0.25) is 5.91 Å². The Morgan fingerprint density at radius 2 is 2.47 bits per heavy atom. The van der Waals surface area contributed by atoms with Gasteiger partial charge < -0.3 is 4.90 Å². The summed E-state index contributed by atoms with van der Waals surface area (Å²) in [6.07, 6.45) is 1.99. The van der Waals surface area contributed by atoms with E-state index in [1.807, 2.05) is 4.90 Å². The molecule has 1 fully saturated rings. The van der Waals surface area contributed by atoms with Gasteiger partial charge in [0.15, 0.2) is 0 Å². The van der Waals surface area contributed by atoms with Crippen LogP contribution in [0.25, 0.3) is 0 Å². The minimum absolute atomic E-state index is 0.0440. The summed E-state index contributed by atoms with van der Waals surface area (Å²) in [7, 11) is 0. The first kappa shape index (κ1) is 11.1. The number of carbonyl (C=O) groups excluding carboxylic acids is 1. The molecule has 0 aromatic carbocycles. The van der Waals surface area contributed by atoms with Gasteiger partial charge in [-0.05, 0) is 29.9 Å². The Balaban J connectivity index is 2.06. The molecule has 1 saturated heterocycles. The fourth-order valence-corrected chi connectivity index (χ4v) is 3.34. The van der Waals surface area contributed by atoms with E-state index in [2.05, 4.69) is 34.3 Å². The topological polar surface area (TPSA) is 20.3 Å². The van der Waals surface area contributed by atoms with Crippen LogP contribution in [-0.2, 0) is 17.8 Å². The van der Waals surface area contributed by atoms with Crippen molar-refractivity contribution >= 4 is 33.2 Å². The second kappa shape index (κ2) is 4.66.